The van der Waals surface area contributed by atoms with Crippen molar-refractivity contribution in [2.75, 3.05) is 4.90 Å². The third-order valence-electron chi connectivity index (χ3n) is 4.52. The summed E-state index contributed by atoms with van der Waals surface area (Å²) in [4.78, 5) is 16.7. The monoisotopic (exact) mass is 448 g/mol. The Bertz CT molecular complexity index is 1040. The molecule has 4 rings (SSSR count). The first-order valence-corrected chi connectivity index (χ1v) is 10.5. The van der Waals surface area contributed by atoms with E-state index in [2.05, 4.69) is 0 Å². The van der Waals surface area contributed by atoms with Crippen LogP contribution in [0.3, 0.4) is 0 Å². The van der Waals surface area contributed by atoms with Crippen LogP contribution in [0.2, 0.25) is 10.0 Å². The molecule has 2 aromatic carbocycles. The lowest BCUT2D eigenvalue weighted by Crippen LogP contribution is -2.32. The van der Waals surface area contributed by atoms with Crippen LogP contribution in [0, 0.1) is 0 Å². The predicted molar refractivity (Wildman–Crippen MR) is 117 cm³/mol. The summed E-state index contributed by atoms with van der Waals surface area (Å²) in [6, 6.07) is 13.1. The molecule has 1 fully saturated rings. The summed E-state index contributed by atoms with van der Waals surface area (Å²) in [6.07, 6.45) is 0. The minimum Gasteiger partial charge on any atom is -0.508 e. The maximum absolute atomic E-state index is 13.4. The van der Waals surface area contributed by atoms with Gasteiger partial charge in [-0.3, -0.25) is 9.69 Å². The minimum absolute atomic E-state index is 0.135. The van der Waals surface area contributed by atoms with Gasteiger partial charge in [0.1, 0.15) is 11.8 Å². The zero-order valence-corrected chi connectivity index (χ0v) is 17.5. The van der Waals surface area contributed by atoms with Gasteiger partial charge in [0.05, 0.1) is 15.7 Å². The van der Waals surface area contributed by atoms with Crippen LogP contribution in [-0.4, -0.2) is 21.0 Å². The van der Waals surface area contributed by atoms with Gasteiger partial charge in [0.15, 0.2) is 5.11 Å². The van der Waals surface area contributed by atoms with E-state index in [0.29, 0.717) is 22.4 Å². The molecule has 8 heteroatoms. The lowest BCUT2D eigenvalue weighted by atomic mass is 10.0. The number of carbonyl (C=O) groups is 1. The van der Waals surface area contributed by atoms with Crippen molar-refractivity contribution in [3.05, 3.63) is 80.5 Å². The number of rotatable bonds is 4. The van der Waals surface area contributed by atoms with E-state index in [-0.39, 0.29) is 16.7 Å². The predicted octanol–water partition coefficient (Wildman–Crippen LogP) is 5.64. The van der Waals surface area contributed by atoms with E-state index < -0.39 is 6.04 Å². The lowest BCUT2D eigenvalue weighted by Gasteiger charge is -2.24. The molecule has 0 spiro atoms. The number of hydrogen-bond acceptors (Lipinski definition) is 4. The van der Waals surface area contributed by atoms with E-state index in [9.17, 15) is 9.90 Å². The number of carbonyl (C=O) groups excluding carboxylic acids is 1. The van der Waals surface area contributed by atoms with Crippen molar-refractivity contribution in [1.29, 1.82) is 0 Å². The summed E-state index contributed by atoms with van der Waals surface area (Å²) in [6.45, 7) is 0.480. The zero-order valence-electron chi connectivity index (χ0n) is 14.4. The smallest absolute Gasteiger partial charge is 0.260 e. The second kappa shape index (κ2) is 7.72. The Balaban J connectivity index is 1.80. The molecule has 0 saturated carbocycles. The number of benzene rings is 2. The standard InChI is InChI=1S/C20H14Cl2N2O2S2/c21-15-2-1-3-16(17(15)22)24-19(26)18(13-4-6-14(25)7-5-13)23(20(24)27)10-12-8-9-28-11-12/h1-9,11,18,25H,10H2. The number of halogens is 2. The van der Waals surface area contributed by atoms with Gasteiger partial charge in [-0.2, -0.15) is 11.3 Å². The molecule has 0 radical (unpaired) electrons. The number of thiocarbonyl (C=S) groups is 1. The van der Waals surface area contributed by atoms with Crippen molar-refractivity contribution in [2.24, 2.45) is 0 Å². The van der Waals surface area contributed by atoms with Gasteiger partial charge in [0.2, 0.25) is 0 Å². The third-order valence-corrected chi connectivity index (χ3v) is 6.47. The molecule has 3 aromatic rings. The topological polar surface area (TPSA) is 43.8 Å². The average molecular weight is 449 g/mol. The molecular formula is C20H14Cl2N2O2S2. The van der Waals surface area contributed by atoms with Crippen molar-refractivity contribution in [3.8, 4) is 5.75 Å². The highest BCUT2D eigenvalue weighted by molar-refractivity contribution is 7.80. The van der Waals surface area contributed by atoms with E-state index in [0.717, 1.165) is 11.1 Å². The molecule has 0 bridgehead atoms. The van der Waals surface area contributed by atoms with Crippen molar-refractivity contribution >= 4 is 63.5 Å². The second-order valence-corrected chi connectivity index (χ2v) is 8.21. The van der Waals surface area contributed by atoms with E-state index in [1.165, 1.54) is 4.90 Å². The van der Waals surface area contributed by atoms with Crippen LogP contribution in [0.15, 0.2) is 59.3 Å². The SMILES string of the molecule is O=C1C(c2ccc(O)cc2)N(Cc2ccsc2)C(=S)N1c1cccc(Cl)c1Cl. The number of amides is 1. The fourth-order valence-corrected chi connectivity index (χ4v) is 4.59. The van der Waals surface area contributed by atoms with E-state index in [1.807, 2.05) is 21.7 Å². The molecule has 1 aliphatic rings. The molecule has 0 aliphatic carbocycles. The molecular weight excluding hydrogens is 435 g/mol. The molecule has 1 amide bonds. The Morgan fingerprint density at radius 2 is 1.86 bits per heavy atom. The number of hydrogen-bond donors (Lipinski definition) is 1. The van der Waals surface area contributed by atoms with E-state index in [4.69, 9.17) is 35.4 Å². The molecule has 1 N–H and O–H groups in total. The zero-order chi connectivity index (χ0) is 19.8. The van der Waals surface area contributed by atoms with Crippen molar-refractivity contribution in [1.82, 2.24) is 4.90 Å². The van der Waals surface area contributed by atoms with Gasteiger partial charge in [-0.15, -0.1) is 0 Å². The highest BCUT2D eigenvalue weighted by Gasteiger charge is 2.44. The quantitative estimate of drug-likeness (QED) is 0.524. The summed E-state index contributed by atoms with van der Waals surface area (Å²) in [5.41, 5.74) is 2.25. The van der Waals surface area contributed by atoms with Crippen LogP contribution < -0.4 is 4.90 Å². The number of phenols is 1. The van der Waals surface area contributed by atoms with Crippen molar-refractivity contribution < 1.29 is 9.90 Å². The van der Waals surface area contributed by atoms with Crippen LogP contribution in [0.25, 0.3) is 0 Å². The highest BCUT2D eigenvalue weighted by Crippen LogP contribution is 2.40. The number of phenolic OH excluding ortho intramolecular Hbond substituents is 1. The Hall–Kier alpha value is -2.12. The molecule has 28 heavy (non-hydrogen) atoms. The minimum atomic E-state index is -0.622. The molecule has 1 atom stereocenters. The van der Waals surface area contributed by atoms with Crippen LogP contribution in [0.5, 0.6) is 5.75 Å². The first kappa shape index (κ1) is 19.2. The molecule has 1 saturated heterocycles. The average Bonchev–Trinajstić information content (AvgIpc) is 3.27. The Kier molecular flexibility index (Phi) is 5.29. The Morgan fingerprint density at radius 3 is 2.54 bits per heavy atom. The Labute approximate surface area is 181 Å². The fraction of sp³-hybridized carbons (Fsp3) is 0.100. The van der Waals surface area contributed by atoms with Gasteiger partial charge < -0.3 is 10.0 Å². The first-order valence-electron chi connectivity index (χ1n) is 8.36. The number of anilines is 1. The van der Waals surface area contributed by atoms with Crippen LogP contribution in [0.1, 0.15) is 17.2 Å². The summed E-state index contributed by atoms with van der Waals surface area (Å²) in [5.74, 6) is -0.0778. The van der Waals surface area contributed by atoms with Crippen LogP contribution in [0.4, 0.5) is 5.69 Å². The second-order valence-electron chi connectivity index (χ2n) is 6.28. The molecule has 2 heterocycles. The maximum Gasteiger partial charge on any atom is 0.260 e. The van der Waals surface area contributed by atoms with Gasteiger partial charge in [-0.1, -0.05) is 41.4 Å². The van der Waals surface area contributed by atoms with Crippen molar-refractivity contribution in [3.63, 3.8) is 0 Å². The van der Waals surface area contributed by atoms with Gasteiger partial charge in [-0.25, -0.2) is 0 Å². The summed E-state index contributed by atoms with van der Waals surface area (Å²) < 4.78 is 0. The number of nitrogens with zero attached hydrogens (tertiary/aromatic N) is 2. The third kappa shape index (κ3) is 3.37. The molecule has 142 valence electrons. The maximum atomic E-state index is 13.4. The number of aromatic hydroxyl groups is 1. The Morgan fingerprint density at radius 1 is 1.11 bits per heavy atom. The number of thiophene rings is 1. The van der Waals surface area contributed by atoms with Gasteiger partial charge >= 0.3 is 0 Å². The summed E-state index contributed by atoms with van der Waals surface area (Å²) in [5, 5.41) is 14.6. The summed E-state index contributed by atoms with van der Waals surface area (Å²) >= 11 is 19.8. The van der Waals surface area contributed by atoms with E-state index in [1.54, 1.807) is 53.8 Å². The van der Waals surface area contributed by atoms with Crippen LogP contribution >= 0.6 is 46.8 Å². The molecule has 1 unspecified atom stereocenters. The van der Waals surface area contributed by atoms with Gasteiger partial charge in [-0.05, 0) is 64.4 Å². The highest BCUT2D eigenvalue weighted by atomic mass is 35.5. The van der Waals surface area contributed by atoms with Gasteiger partial charge in [0, 0.05) is 6.54 Å². The van der Waals surface area contributed by atoms with Crippen LogP contribution in [-0.2, 0) is 11.3 Å². The van der Waals surface area contributed by atoms with Gasteiger partial charge in [0.25, 0.3) is 5.91 Å². The molecule has 4 nitrogen and oxygen atoms in total. The first-order chi connectivity index (χ1) is 13.5. The normalized spacial score (nSPS) is 16.9. The fourth-order valence-electron chi connectivity index (χ4n) is 3.19. The largest absolute Gasteiger partial charge is 0.508 e. The van der Waals surface area contributed by atoms with E-state index >= 15 is 0 Å². The summed E-state index contributed by atoms with van der Waals surface area (Å²) in [7, 11) is 0. The van der Waals surface area contributed by atoms with Crippen molar-refractivity contribution in [2.45, 2.75) is 12.6 Å². The lowest BCUT2D eigenvalue weighted by molar-refractivity contribution is -0.120. The molecule has 1 aromatic heterocycles. The molecule has 1 aliphatic heterocycles.